The Hall–Kier alpha value is -2.54. The lowest BCUT2D eigenvalue weighted by atomic mass is 10.2. The number of benzene rings is 1. The lowest BCUT2D eigenvalue weighted by molar-refractivity contribution is 0.0760. The van der Waals surface area contributed by atoms with Crippen LogP contribution in [0.2, 0.25) is 0 Å². The Morgan fingerprint density at radius 2 is 1.75 bits per heavy atom. The number of nitrogens with one attached hydrogen (secondary N) is 1. The van der Waals surface area contributed by atoms with Gasteiger partial charge in [0.1, 0.15) is 5.69 Å². The standard InChI is InChI=1S/C21H25N3O3S/c1-23-14-15(20(26)24-11-7-3-4-8-12-24)13-17(21(23)27)22-19(25)16-9-5-6-10-18(16)28-2/h5-6,9-10,13-14H,3-4,7-8,11-12H2,1-2H3,(H,22,25). The molecule has 0 radical (unpaired) electrons. The van der Waals surface area contributed by atoms with Crippen molar-refractivity contribution < 1.29 is 9.59 Å². The number of pyridine rings is 1. The van der Waals surface area contributed by atoms with Gasteiger partial charge >= 0.3 is 0 Å². The molecule has 1 fully saturated rings. The van der Waals surface area contributed by atoms with Gasteiger partial charge in [-0.3, -0.25) is 14.4 Å². The number of hydrogen-bond donors (Lipinski definition) is 1. The van der Waals surface area contributed by atoms with E-state index in [0.717, 1.165) is 43.7 Å². The summed E-state index contributed by atoms with van der Waals surface area (Å²) < 4.78 is 1.35. The average molecular weight is 400 g/mol. The molecular weight excluding hydrogens is 374 g/mol. The number of amides is 2. The zero-order valence-electron chi connectivity index (χ0n) is 16.2. The van der Waals surface area contributed by atoms with Crippen molar-refractivity contribution in [3.05, 3.63) is 58.0 Å². The van der Waals surface area contributed by atoms with E-state index in [1.165, 1.54) is 22.4 Å². The highest BCUT2D eigenvalue weighted by atomic mass is 32.2. The first-order valence-corrected chi connectivity index (χ1v) is 10.7. The lowest BCUT2D eigenvalue weighted by Crippen LogP contribution is -2.33. The number of nitrogens with zero attached hydrogens (tertiary/aromatic N) is 2. The van der Waals surface area contributed by atoms with E-state index in [9.17, 15) is 14.4 Å². The molecule has 2 amide bonds. The smallest absolute Gasteiger partial charge is 0.274 e. The second-order valence-corrected chi connectivity index (χ2v) is 7.77. The summed E-state index contributed by atoms with van der Waals surface area (Å²) >= 11 is 1.47. The molecule has 0 atom stereocenters. The summed E-state index contributed by atoms with van der Waals surface area (Å²) in [6.07, 6.45) is 7.69. The summed E-state index contributed by atoms with van der Waals surface area (Å²) in [6, 6.07) is 8.72. The minimum Gasteiger partial charge on any atom is -0.339 e. The number of likely N-dealkylation sites (tertiary alicyclic amines) is 1. The Morgan fingerprint density at radius 3 is 2.43 bits per heavy atom. The Kier molecular flexibility index (Phi) is 6.57. The fourth-order valence-corrected chi connectivity index (χ4v) is 3.99. The molecule has 0 aliphatic carbocycles. The zero-order chi connectivity index (χ0) is 20.1. The highest BCUT2D eigenvalue weighted by Gasteiger charge is 2.20. The van der Waals surface area contributed by atoms with E-state index >= 15 is 0 Å². The highest BCUT2D eigenvalue weighted by Crippen LogP contribution is 2.21. The molecule has 0 unspecified atom stereocenters. The number of aryl methyl sites for hydroxylation is 1. The van der Waals surface area contributed by atoms with E-state index in [2.05, 4.69) is 5.32 Å². The van der Waals surface area contributed by atoms with Gasteiger partial charge in [-0.15, -0.1) is 11.8 Å². The van der Waals surface area contributed by atoms with Crippen LogP contribution in [0.3, 0.4) is 0 Å². The third-order valence-corrected chi connectivity index (χ3v) is 5.72. The molecule has 1 aliphatic rings. The van der Waals surface area contributed by atoms with Crippen molar-refractivity contribution in [1.82, 2.24) is 9.47 Å². The summed E-state index contributed by atoms with van der Waals surface area (Å²) in [7, 11) is 1.59. The average Bonchev–Trinajstić information content (AvgIpc) is 3.00. The fraction of sp³-hybridized carbons (Fsp3) is 0.381. The van der Waals surface area contributed by atoms with Crippen molar-refractivity contribution >= 4 is 29.3 Å². The van der Waals surface area contributed by atoms with E-state index in [4.69, 9.17) is 0 Å². The molecule has 28 heavy (non-hydrogen) atoms. The van der Waals surface area contributed by atoms with E-state index in [1.54, 1.807) is 25.4 Å². The lowest BCUT2D eigenvalue weighted by Gasteiger charge is -2.21. The number of aromatic nitrogens is 1. The predicted molar refractivity (Wildman–Crippen MR) is 112 cm³/mol. The highest BCUT2D eigenvalue weighted by molar-refractivity contribution is 7.98. The Bertz CT molecular complexity index is 931. The number of carbonyl (C=O) groups excluding carboxylic acids is 2. The number of carbonyl (C=O) groups is 2. The summed E-state index contributed by atoms with van der Waals surface area (Å²) in [4.78, 5) is 40.8. The normalized spacial score (nSPS) is 14.4. The molecule has 1 N–H and O–H groups in total. The van der Waals surface area contributed by atoms with Crippen LogP contribution >= 0.6 is 11.8 Å². The largest absolute Gasteiger partial charge is 0.339 e. The molecule has 1 saturated heterocycles. The molecule has 1 aromatic heterocycles. The van der Waals surface area contributed by atoms with Crippen molar-refractivity contribution in [3.8, 4) is 0 Å². The van der Waals surface area contributed by atoms with Crippen LogP contribution in [0.25, 0.3) is 0 Å². The molecule has 2 aromatic rings. The van der Waals surface area contributed by atoms with Crippen molar-refractivity contribution in [3.63, 3.8) is 0 Å². The Balaban J connectivity index is 1.88. The Labute approximate surface area is 168 Å². The van der Waals surface area contributed by atoms with Gasteiger partial charge in [0.15, 0.2) is 0 Å². The third-order valence-electron chi connectivity index (χ3n) is 4.92. The van der Waals surface area contributed by atoms with E-state index in [1.807, 2.05) is 23.3 Å². The monoisotopic (exact) mass is 399 g/mol. The molecule has 0 bridgehead atoms. The number of thioether (sulfide) groups is 1. The van der Waals surface area contributed by atoms with E-state index < -0.39 is 0 Å². The topological polar surface area (TPSA) is 71.4 Å². The minimum absolute atomic E-state index is 0.0995. The van der Waals surface area contributed by atoms with Gasteiger partial charge in [0, 0.05) is 31.2 Å². The molecule has 148 valence electrons. The first kappa shape index (κ1) is 20.2. The molecule has 6 nitrogen and oxygen atoms in total. The van der Waals surface area contributed by atoms with E-state index in [-0.39, 0.29) is 23.1 Å². The van der Waals surface area contributed by atoms with Crippen LogP contribution in [0, 0.1) is 0 Å². The number of rotatable bonds is 4. The molecule has 0 saturated carbocycles. The summed E-state index contributed by atoms with van der Waals surface area (Å²) in [5.41, 5.74) is 0.685. The quantitative estimate of drug-likeness (QED) is 0.800. The van der Waals surface area contributed by atoms with Gasteiger partial charge < -0.3 is 14.8 Å². The SMILES string of the molecule is CSc1ccccc1C(=O)Nc1cc(C(=O)N2CCCCCC2)cn(C)c1=O. The summed E-state index contributed by atoms with van der Waals surface area (Å²) in [5, 5.41) is 2.70. The van der Waals surface area contributed by atoms with Crippen LogP contribution < -0.4 is 10.9 Å². The molecule has 7 heteroatoms. The van der Waals surface area contributed by atoms with Gasteiger partial charge in [-0.25, -0.2) is 0 Å². The first-order chi connectivity index (χ1) is 13.5. The fourth-order valence-electron chi connectivity index (χ4n) is 3.40. The van der Waals surface area contributed by atoms with Gasteiger partial charge in [-0.2, -0.15) is 0 Å². The predicted octanol–water partition coefficient (Wildman–Crippen LogP) is 3.38. The molecule has 1 aromatic carbocycles. The maximum Gasteiger partial charge on any atom is 0.274 e. The van der Waals surface area contributed by atoms with Crippen LogP contribution in [0.5, 0.6) is 0 Å². The van der Waals surface area contributed by atoms with Crippen molar-refractivity contribution in [1.29, 1.82) is 0 Å². The van der Waals surface area contributed by atoms with Crippen LogP contribution in [0.15, 0.2) is 46.2 Å². The van der Waals surface area contributed by atoms with Gasteiger partial charge in [-0.1, -0.05) is 25.0 Å². The molecule has 2 heterocycles. The van der Waals surface area contributed by atoms with Crippen molar-refractivity contribution in [2.75, 3.05) is 24.7 Å². The van der Waals surface area contributed by atoms with Crippen LogP contribution in [0.1, 0.15) is 46.4 Å². The third kappa shape index (κ3) is 4.47. The van der Waals surface area contributed by atoms with Gasteiger partial charge in [0.25, 0.3) is 17.4 Å². The number of anilines is 1. The van der Waals surface area contributed by atoms with E-state index in [0.29, 0.717) is 11.1 Å². The summed E-state index contributed by atoms with van der Waals surface area (Å²) in [6.45, 7) is 1.45. The Morgan fingerprint density at radius 1 is 1.07 bits per heavy atom. The molecule has 1 aliphatic heterocycles. The van der Waals surface area contributed by atoms with Crippen LogP contribution in [0.4, 0.5) is 5.69 Å². The summed E-state index contributed by atoms with van der Waals surface area (Å²) in [5.74, 6) is -0.459. The van der Waals surface area contributed by atoms with Gasteiger partial charge in [0.2, 0.25) is 0 Å². The second kappa shape index (κ2) is 9.10. The number of hydrogen-bond acceptors (Lipinski definition) is 4. The van der Waals surface area contributed by atoms with Gasteiger partial charge in [-0.05, 0) is 37.3 Å². The van der Waals surface area contributed by atoms with Gasteiger partial charge in [0.05, 0.1) is 11.1 Å². The molecular formula is C21H25N3O3S. The molecule has 0 spiro atoms. The second-order valence-electron chi connectivity index (χ2n) is 6.92. The van der Waals surface area contributed by atoms with Crippen LogP contribution in [-0.2, 0) is 7.05 Å². The minimum atomic E-state index is -0.360. The maximum atomic E-state index is 12.9. The van der Waals surface area contributed by atoms with Crippen molar-refractivity contribution in [2.24, 2.45) is 7.05 Å². The van der Waals surface area contributed by atoms with Crippen molar-refractivity contribution in [2.45, 2.75) is 30.6 Å². The molecule has 3 rings (SSSR count). The van der Waals surface area contributed by atoms with Crippen LogP contribution in [-0.4, -0.2) is 40.6 Å². The first-order valence-electron chi connectivity index (χ1n) is 9.45. The zero-order valence-corrected chi connectivity index (χ0v) is 17.1. The maximum absolute atomic E-state index is 12.9.